The highest BCUT2D eigenvalue weighted by Crippen LogP contribution is 2.36. The average Bonchev–Trinajstić information content (AvgIpc) is 2.85. The summed E-state index contributed by atoms with van der Waals surface area (Å²) in [6, 6.07) is 5.64. The molecule has 4 heteroatoms. The summed E-state index contributed by atoms with van der Waals surface area (Å²) in [7, 11) is 0. The third kappa shape index (κ3) is 3.37. The fourth-order valence-electron chi connectivity index (χ4n) is 2.76. The zero-order chi connectivity index (χ0) is 13.9. The molecule has 2 N–H and O–H groups in total. The van der Waals surface area contributed by atoms with Crippen molar-refractivity contribution in [3.05, 3.63) is 33.8 Å². The molecule has 0 aromatic heterocycles. The molecule has 0 radical (unpaired) electrons. The van der Waals surface area contributed by atoms with Crippen LogP contribution in [-0.4, -0.2) is 24.2 Å². The predicted molar refractivity (Wildman–Crippen MR) is 79.2 cm³/mol. The van der Waals surface area contributed by atoms with Crippen molar-refractivity contribution in [2.24, 2.45) is 5.41 Å². The van der Waals surface area contributed by atoms with E-state index < -0.39 is 0 Å². The van der Waals surface area contributed by atoms with E-state index in [-0.39, 0.29) is 17.9 Å². The minimum atomic E-state index is -0.0983. The van der Waals surface area contributed by atoms with Gasteiger partial charge >= 0.3 is 0 Å². The van der Waals surface area contributed by atoms with Crippen molar-refractivity contribution in [1.29, 1.82) is 0 Å². The second kappa shape index (κ2) is 6.06. The summed E-state index contributed by atoms with van der Waals surface area (Å²) in [5.41, 5.74) is 1.56. The number of aliphatic hydroxyl groups excluding tert-OH is 1. The molecule has 1 aliphatic carbocycles. The van der Waals surface area contributed by atoms with Gasteiger partial charge in [0.25, 0.3) is 5.91 Å². The molecule has 2 rings (SSSR count). The molecule has 19 heavy (non-hydrogen) atoms. The van der Waals surface area contributed by atoms with Gasteiger partial charge in [0.2, 0.25) is 0 Å². The summed E-state index contributed by atoms with van der Waals surface area (Å²) in [6.45, 7) is 2.65. The van der Waals surface area contributed by atoms with Gasteiger partial charge in [-0.3, -0.25) is 4.79 Å². The zero-order valence-electron chi connectivity index (χ0n) is 11.2. The van der Waals surface area contributed by atoms with E-state index in [1.165, 1.54) is 0 Å². The molecule has 1 amide bonds. The minimum absolute atomic E-state index is 0.0512. The first kappa shape index (κ1) is 14.5. The van der Waals surface area contributed by atoms with Gasteiger partial charge in [0.05, 0.1) is 6.61 Å². The maximum Gasteiger partial charge on any atom is 0.251 e. The Balaban J connectivity index is 2.01. The Morgan fingerprint density at radius 2 is 2.11 bits per heavy atom. The number of hydrogen-bond donors (Lipinski definition) is 2. The number of aryl methyl sites for hydroxylation is 1. The third-order valence-corrected chi connectivity index (χ3v) is 4.55. The lowest BCUT2D eigenvalue weighted by atomic mass is 9.87. The number of nitrogens with one attached hydrogen (secondary N) is 1. The molecule has 1 aliphatic rings. The SMILES string of the molecule is Cc1cc(Br)ccc1C(=O)NCC1(CO)CCCC1. The lowest BCUT2D eigenvalue weighted by Gasteiger charge is -2.26. The van der Waals surface area contributed by atoms with Crippen LogP contribution in [0.3, 0.4) is 0 Å². The van der Waals surface area contributed by atoms with Crippen LogP contribution >= 0.6 is 15.9 Å². The highest BCUT2D eigenvalue weighted by Gasteiger charge is 2.33. The number of carbonyl (C=O) groups excluding carboxylic acids is 1. The Labute approximate surface area is 122 Å². The van der Waals surface area contributed by atoms with Crippen LogP contribution in [0, 0.1) is 12.3 Å². The Bertz CT molecular complexity index is 467. The number of carbonyl (C=O) groups is 1. The first-order valence-electron chi connectivity index (χ1n) is 6.72. The van der Waals surface area contributed by atoms with Gasteiger partial charge in [0.15, 0.2) is 0 Å². The monoisotopic (exact) mass is 325 g/mol. The van der Waals surface area contributed by atoms with E-state index in [0.717, 1.165) is 35.7 Å². The standard InChI is InChI=1S/C15H20BrNO2/c1-11-8-12(16)4-5-13(11)14(19)17-9-15(10-18)6-2-3-7-15/h4-5,8,18H,2-3,6-7,9-10H2,1H3,(H,17,19). The maximum absolute atomic E-state index is 12.2. The van der Waals surface area contributed by atoms with Crippen LogP contribution in [0.1, 0.15) is 41.6 Å². The van der Waals surface area contributed by atoms with Crippen LogP contribution in [-0.2, 0) is 0 Å². The summed E-state index contributed by atoms with van der Waals surface area (Å²) >= 11 is 3.39. The van der Waals surface area contributed by atoms with Crippen molar-refractivity contribution >= 4 is 21.8 Å². The van der Waals surface area contributed by atoms with Crippen LogP contribution in [0.4, 0.5) is 0 Å². The van der Waals surface area contributed by atoms with Crippen LogP contribution in [0.2, 0.25) is 0 Å². The van der Waals surface area contributed by atoms with Crippen LogP contribution in [0.25, 0.3) is 0 Å². The van der Waals surface area contributed by atoms with Crippen LogP contribution in [0.15, 0.2) is 22.7 Å². The first-order valence-corrected chi connectivity index (χ1v) is 7.51. The topological polar surface area (TPSA) is 49.3 Å². The molecule has 0 bridgehead atoms. The molecule has 0 unspecified atom stereocenters. The Kier molecular flexibility index (Phi) is 4.63. The lowest BCUT2D eigenvalue weighted by Crippen LogP contribution is -2.38. The third-order valence-electron chi connectivity index (χ3n) is 4.06. The first-order chi connectivity index (χ1) is 9.06. The fourth-order valence-corrected chi connectivity index (χ4v) is 3.24. The fraction of sp³-hybridized carbons (Fsp3) is 0.533. The molecule has 1 aromatic carbocycles. The van der Waals surface area contributed by atoms with Crippen molar-refractivity contribution < 1.29 is 9.90 Å². The van der Waals surface area contributed by atoms with Gasteiger partial charge in [-0.15, -0.1) is 0 Å². The van der Waals surface area contributed by atoms with Gasteiger partial charge in [-0.05, 0) is 43.5 Å². The van der Waals surface area contributed by atoms with E-state index in [2.05, 4.69) is 21.2 Å². The second-order valence-electron chi connectivity index (χ2n) is 5.51. The van der Waals surface area contributed by atoms with Gasteiger partial charge < -0.3 is 10.4 Å². The largest absolute Gasteiger partial charge is 0.396 e. The number of aliphatic hydroxyl groups is 1. The van der Waals surface area contributed by atoms with Crippen LogP contribution < -0.4 is 5.32 Å². The van der Waals surface area contributed by atoms with E-state index in [9.17, 15) is 9.90 Å². The summed E-state index contributed by atoms with van der Waals surface area (Å²) in [4.78, 5) is 12.2. The molecule has 1 saturated carbocycles. The Morgan fingerprint density at radius 3 is 2.68 bits per heavy atom. The van der Waals surface area contributed by atoms with Crippen molar-refractivity contribution in [3.8, 4) is 0 Å². The van der Waals surface area contributed by atoms with Gasteiger partial charge in [-0.2, -0.15) is 0 Å². The van der Waals surface area contributed by atoms with Crippen molar-refractivity contribution in [2.45, 2.75) is 32.6 Å². The molecule has 0 atom stereocenters. The number of halogens is 1. The lowest BCUT2D eigenvalue weighted by molar-refractivity contribution is 0.0880. The number of benzene rings is 1. The Hall–Kier alpha value is -0.870. The van der Waals surface area contributed by atoms with E-state index in [1.54, 1.807) is 0 Å². The molecule has 1 fully saturated rings. The molecule has 3 nitrogen and oxygen atoms in total. The predicted octanol–water partition coefficient (Wildman–Crippen LogP) is 3.04. The van der Waals surface area contributed by atoms with Gasteiger partial charge in [-0.1, -0.05) is 28.8 Å². The smallest absolute Gasteiger partial charge is 0.251 e. The van der Waals surface area contributed by atoms with Crippen molar-refractivity contribution in [2.75, 3.05) is 13.2 Å². The van der Waals surface area contributed by atoms with E-state index >= 15 is 0 Å². The highest BCUT2D eigenvalue weighted by atomic mass is 79.9. The summed E-state index contributed by atoms with van der Waals surface area (Å²) in [5.74, 6) is -0.0512. The molecule has 0 heterocycles. The number of hydrogen-bond acceptors (Lipinski definition) is 2. The van der Waals surface area contributed by atoms with Crippen molar-refractivity contribution in [1.82, 2.24) is 5.32 Å². The molecular formula is C15H20BrNO2. The van der Waals surface area contributed by atoms with E-state index in [0.29, 0.717) is 12.1 Å². The second-order valence-corrected chi connectivity index (χ2v) is 6.42. The van der Waals surface area contributed by atoms with Crippen LogP contribution in [0.5, 0.6) is 0 Å². The summed E-state index contributed by atoms with van der Waals surface area (Å²) in [5, 5.41) is 12.5. The van der Waals surface area contributed by atoms with E-state index in [4.69, 9.17) is 0 Å². The minimum Gasteiger partial charge on any atom is -0.396 e. The maximum atomic E-state index is 12.2. The normalized spacial score (nSPS) is 17.4. The quantitative estimate of drug-likeness (QED) is 0.893. The molecule has 0 spiro atoms. The van der Waals surface area contributed by atoms with Gasteiger partial charge in [0, 0.05) is 22.0 Å². The molecule has 0 aliphatic heterocycles. The molecule has 1 aromatic rings. The molecule has 104 valence electrons. The highest BCUT2D eigenvalue weighted by molar-refractivity contribution is 9.10. The van der Waals surface area contributed by atoms with E-state index in [1.807, 2.05) is 25.1 Å². The Morgan fingerprint density at radius 1 is 1.42 bits per heavy atom. The summed E-state index contributed by atoms with van der Waals surface area (Å²) < 4.78 is 0.976. The van der Waals surface area contributed by atoms with Gasteiger partial charge in [-0.25, -0.2) is 0 Å². The van der Waals surface area contributed by atoms with Crippen molar-refractivity contribution in [3.63, 3.8) is 0 Å². The molecular weight excluding hydrogens is 306 g/mol. The summed E-state index contributed by atoms with van der Waals surface area (Å²) in [6.07, 6.45) is 4.30. The molecule has 0 saturated heterocycles. The zero-order valence-corrected chi connectivity index (χ0v) is 12.8. The number of rotatable bonds is 4. The average molecular weight is 326 g/mol. The number of amides is 1. The van der Waals surface area contributed by atoms with Gasteiger partial charge in [0.1, 0.15) is 0 Å².